The molecular formula is C11H23NO3. The summed E-state index contributed by atoms with van der Waals surface area (Å²) in [5, 5.41) is 30.8. The molecule has 1 unspecified atom stereocenters. The van der Waals surface area contributed by atoms with E-state index in [4.69, 9.17) is 10.2 Å². The Balaban J connectivity index is 0.000000921. The van der Waals surface area contributed by atoms with E-state index < -0.39 is 6.10 Å². The van der Waals surface area contributed by atoms with Crippen molar-refractivity contribution in [3.63, 3.8) is 0 Å². The van der Waals surface area contributed by atoms with Crippen molar-refractivity contribution in [1.29, 1.82) is 0 Å². The van der Waals surface area contributed by atoms with Crippen molar-refractivity contribution < 1.29 is 15.3 Å². The van der Waals surface area contributed by atoms with Crippen molar-refractivity contribution in [2.75, 3.05) is 26.3 Å². The first-order valence-corrected chi connectivity index (χ1v) is 5.40. The highest BCUT2D eigenvalue weighted by atomic mass is 16.3. The molecule has 0 bridgehead atoms. The monoisotopic (exact) mass is 217 g/mol. The fourth-order valence-electron chi connectivity index (χ4n) is 1.84. The van der Waals surface area contributed by atoms with Crippen LogP contribution < -0.4 is 5.32 Å². The lowest BCUT2D eigenvalue weighted by molar-refractivity contribution is -0.0119. The normalized spacial score (nSPS) is 19.5. The standard InChI is InChI=1S/C9H19NO3.C2H4/c11-5-8(6-12)9(13)7-1-3-10-4-2-7;1-2/h7-13H,1-6H2;1-2H2. The molecule has 1 aliphatic heterocycles. The van der Waals surface area contributed by atoms with Crippen LogP contribution in [0.15, 0.2) is 13.2 Å². The molecular weight excluding hydrogens is 194 g/mol. The number of rotatable bonds is 4. The van der Waals surface area contributed by atoms with E-state index in [1.54, 1.807) is 0 Å². The van der Waals surface area contributed by atoms with Gasteiger partial charge in [0, 0.05) is 5.92 Å². The third kappa shape index (κ3) is 4.75. The second kappa shape index (κ2) is 8.85. The molecule has 1 rings (SSSR count). The van der Waals surface area contributed by atoms with E-state index in [2.05, 4.69) is 18.5 Å². The predicted molar refractivity (Wildman–Crippen MR) is 60.5 cm³/mol. The highest BCUT2D eigenvalue weighted by Crippen LogP contribution is 2.21. The number of piperidine rings is 1. The first kappa shape index (κ1) is 14.6. The molecule has 0 spiro atoms. The summed E-state index contributed by atoms with van der Waals surface area (Å²) in [4.78, 5) is 0. The summed E-state index contributed by atoms with van der Waals surface area (Å²) in [6.07, 6.45) is 1.30. The Bertz CT molecular complexity index is 145. The van der Waals surface area contributed by atoms with Gasteiger partial charge in [-0.05, 0) is 31.8 Å². The summed E-state index contributed by atoms with van der Waals surface area (Å²) in [5.74, 6) is -0.145. The molecule has 0 aromatic carbocycles. The highest BCUT2D eigenvalue weighted by Gasteiger charge is 2.27. The van der Waals surface area contributed by atoms with Crippen molar-refractivity contribution in [2.45, 2.75) is 18.9 Å². The molecule has 4 nitrogen and oxygen atoms in total. The first-order chi connectivity index (χ1) is 7.29. The number of hydrogen-bond acceptors (Lipinski definition) is 4. The van der Waals surface area contributed by atoms with Gasteiger partial charge in [-0.3, -0.25) is 0 Å². The van der Waals surface area contributed by atoms with Crippen LogP contribution in [-0.4, -0.2) is 47.7 Å². The minimum atomic E-state index is -0.558. The molecule has 90 valence electrons. The van der Waals surface area contributed by atoms with Crippen molar-refractivity contribution in [3.05, 3.63) is 13.2 Å². The van der Waals surface area contributed by atoms with Crippen LogP contribution in [0.2, 0.25) is 0 Å². The fraction of sp³-hybridized carbons (Fsp3) is 0.818. The molecule has 0 saturated carbocycles. The van der Waals surface area contributed by atoms with Gasteiger partial charge in [0.25, 0.3) is 0 Å². The Morgan fingerprint density at radius 3 is 2.00 bits per heavy atom. The van der Waals surface area contributed by atoms with E-state index in [0.29, 0.717) is 0 Å². The zero-order valence-electron chi connectivity index (χ0n) is 9.23. The maximum atomic E-state index is 9.79. The van der Waals surface area contributed by atoms with Gasteiger partial charge in [0.05, 0.1) is 19.3 Å². The molecule has 4 heteroatoms. The summed E-state index contributed by atoms with van der Waals surface area (Å²) in [7, 11) is 0. The molecule has 1 heterocycles. The zero-order valence-corrected chi connectivity index (χ0v) is 9.23. The second-order valence-electron chi connectivity index (χ2n) is 3.70. The minimum absolute atomic E-state index is 0.137. The quantitative estimate of drug-likeness (QED) is 0.490. The van der Waals surface area contributed by atoms with Gasteiger partial charge < -0.3 is 20.6 Å². The first-order valence-electron chi connectivity index (χ1n) is 5.40. The Hall–Kier alpha value is -0.420. The summed E-state index contributed by atoms with van der Waals surface area (Å²) in [5.41, 5.74) is 0. The Kier molecular flexibility index (Phi) is 8.61. The Labute approximate surface area is 91.6 Å². The molecule has 1 fully saturated rings. The van der Waals surface area contributed by atoms with E-state index in [0.717, 1.165) is 25.9 Å². The summed E-state index contributed by atoms with van der Waals surface area (Å²) in [6.45, 7) is 7.57. The topological polar surface area (TPSA) is 72.7 Å². The number of nitrogens with one attached hydrogen (secondary N) is 1. The fourth-order valence-corrected chi connectivity index (χ4v) is 1.84. The van der Waals surface area contributed by atoms with Gasteiger partial charge in [-0.2, -0.15) is 0 Å². The molecule has 4 N–H and O–H groups in total. The third-order valence-corrected chi connectivity index (χ3v) is 2.82. The van der Waals surface area contributed by atoms with Gasteiger partial charge >= 0.3 is 0 Å². The molecule has 15 heavy (non-hydrogen) atoms. The van der Waals surface area contributed by atoms with Crippen LogP contribution in [0, 0.1) is 11.8 Å². The molecule has 0 radical (unpaired) electrons. The van der Waals surface area contributed by atoms with E-state index >= 15 is 0 Å². The van der Waals surface area contributed by atoms with Crippen molar-refractivity contribution >= 4 is 0 Å². The Morgan fingerprint density at radius 1 is 1.13 bits per heavy atom. The predicted octanol–water partition coefficient (Wildman–Crippen LogP) is -0.250. The second-order valence-corrected chi connectivity index (χ2v) is 3.70. The van der Waals surface area contributed by atoms with Crippen LogP contribution in [0.4, 0.5) is 0 Å². The van der Waals surface area contributed by atoms with Crippen molar-refractivity contribution in [3.8, 4) is 0 Å². The van der Waals surface area contributed by atoms with Crippen LogP contribution in [0.25, 0.3) is 0 Å². The SMILES string of the molecule is C=C.OCC(CO)C(O)C1CCNCC1. The average molecular weight is 217 g/mol. The zero-order chi connectivity index (χ0) is 11.7. The number of aliphatic hydroxyl groups excluding tert-OH is 3. The largest absolute Gasteiger partial charge is 0.396 e. The molecule has 0 aromatic rings. The van der Waals surface area contributed by atoms with Crippen LogP contribution in [-0.2, 0) is 0 Å². The van der Waals surface area contributed by atoms with Crippen molar-refractivity contribution in [1.82, 2.24) is 5.32 Å². The van der Waals surface area contributed by atoms with Crippen LogP contribution in [0.3, 0.4) is 0 Å². The summed E-state index contributed by atoms with van der Waals surface area (Å²) >= 11 is 0. The molecule has 0 amide bonds. The lowest BCUT2D eigenvalue weighted by atomic mass is 9.85. The minimum Gasteiger partial charge on any atom is -0.396 e. The van der Waals surface area contributed by atoms with Gasteiger partial charge in [0.1, 0.15) is 0 Å². The van der Waals surface area contributed by atoms with Crippen LogP contribution >= 0.6 is 0 Å². The molecule has 1 aliphatic rings. The van der Waals surface area contributed by atoms with E-state index in [1.165, 1.54) is 0 Å². The maximum absolute atomic E-state index is 9.79. The van der Waals surface area contributed by atoms with Crippen LogP contribution in [0.1, 0.15) is 12.8 Å². The van der Waals surface area contributed by atoms with Gasteiger partial charge in [-0.25, -0.2) is 0 Å². The Morgan fingerprint density at radius 2 is 1.60 bits per heavy atom. The van der Waals surface area contributed by atoms with Crippen molar-refractivity contribution in [2.24, 2.45) is 11.8 Å². The molecule has 0 aliphatic carbocycles. The molecule has 1 saturated heterocycles. The molecule has 1 atom stereocenters. The van der Waals surface area contributed by atoms with E-state index in [1.807, 2.05) is 0 Å². The number of aliphatic hydroxyl groups is 3. The summed E-state index contributed by atoms with van der Waals surface area (Å²) in [6, 6.07) is 0. The van der Waals surface area contributed by atoms with Gasteiger partial charge in [0.15, 0.2) is 0 Å². The third-order valence-electron chi connectivity index (χ3n) is 2.82. The maximum Gasteiger partial charge on any atom is 0.0641 e. The van der Waals surface area contributed by atoms with Gasteiger partial charge in [-0.15, -0.1) is 13.2 Å². The van der Waals surface area contributed by atoms with E-state index in [-0.39, 0.29) is 25.0 Å². The van der Waals surface area contributed by atoms with Gasteiger partial charge in [-0.1, -0.05) is 0 Å². The molecule has 0 aromatic heterocycles. The smallest absolute Gasteiger partial charge is 0.0641 e. The lowest BCUT2D eigenvalue weighted by Gasteiger charge is -2.30. The average Bonchev–Trinajstić information content (AvgIpc) is 2.34. The highest BCUT2D eigenvalue weighted by molar-refractivity contribution is 4.79. The number of hydrogen-bond donors (Lipinski definition) is 4. The van der Waals surface area contributed by atoms with Gasteiger partial charge in [0.2, 0.25) is 0 Å². The van der Waals surface area contributed by atoms with E-state index in [9.17, 15) is 5.11 Å². The van der Waals surface area contributed by atoms with Crippen LogP contribution in [0.5, 0.6) is 0 Å². The lowest BCUT2D eigenvalue weighted by Crippen LogP contribution is -2.40. The summed E-state index contributed by atoms with van der Waals surface area (Å²) < 4.78 is 0.